The van der Waals surface area contributed by atoms with Crippen LogP contribution in [0.2, 0.25) is 0 Å². The van der Waals surface area contributed by atoms with Crippen LogP contribution in [0.15, 0.2) is 0 Å². The summed E-state index contributed by atoms with van der Waals surface area (Å²) in [5.41, 5.74) is 0. The normalized spacial score (nSPS) is 29.4. The summed E-state index contributed by atoms with van der Waals surface area (Å²) in [4.78, 5) is 10.9. The van der Waals surface area contributed by atoms with Gasteiger partial charge in [-0.2, -0.15) is 0 Å². The Labute approximate surface area is 78.5 Å². The number of ether oxygens (including phenoxy) is 1. The highest BCUT2D eigenvalue weighted by Gasteiger charge is 2.25. The monoisotopic (exact) mass is 188 g/mol. The quantitative estimate of drug-likeness (QED) is 0.491. The van der Waals surface area contributed by atoms with Gasteiger partial charge in [-0.25, -0.2) is 4.39 Å². The van der Waals surface area contributed by atoms with Crippen molar-refractivity contribution in [2.45, 2.75) is 44.7 Å². The van der Waals surface area contributed by atoms with E-state index in [0.29, 0.717) is 6.42 Å². The topological polar surface area (TPSA) is 26.3 Å². The molecule has 1 aliphatic rings. The summed E-state index contributed by atoms with van der Waals surface area (Å²) in [5, 5.41) is 0. The van der Waals surface area contributed by atoms with E-state index in [9.17, 15) is 9.18 Å². The number of hydrogen-bond acceptors (Lipinski definition) is 2. The fraction of sp³-hybridized carbons (Fsp3) is 0.900. The lowest BCUT2D eigenvalue weighted by Crippen LogP contribution is -2.19. The Morgan fingerprint density at radius 2 is 2.08 bits per heavy atom. The van der Waals surface area contributed by atoms with E-state index in [1.807, 2.05) is 0 Å². The maximum Gasteiger partial charge on any atom is 0.305 e. The number of hydrogen-bond donors (Lipinski definition) is 0. The van der Waals surface area contributed by atoms with Crippen LogP contribution in [-0.4, -0.2) is 19.3 Å². The smallest absolute Gasteiger partial charge is 0.305 e. The van der Waals surface area contributed by atoms with Gasteiger partial charge in [-0.1, -0.05) is 19.3 Å². The van der Waals surface area contributed by atoms with Crippen LogP contribution in [0.25, 0.3) is 0 Å². The van der Waals surface area contributed by atoms with Crippen molar-refractivity contribution in [1.29, 1.82) is 0 Å². The SMILES string of the molecule is COC(=O)C[C@@H]1CCCCC[C@H]1F. The zero-order valence-corrected chi connectivity index (χ0v) is 8.09. The van der Waals surface area contributed by atoms with Gasteiger partial charge < -0.3 is 4.74 Å². The molecular formula is C10H17FO2. The number of rotatable bonds is 2. The summed E-state index contributed by atoms with van der Waals surface area (Å²) >= 11 is 0. The second kappa shape index (κ2) is 5.20. The maximum absolute atomic E-state index is 13.4. The Hall–Kier alpha value is -0.600. The number of methoxy groups -OCH3 is 1. The summed E-state index contributed by atoms with van der Waals surface area (Å²) in [7, 11) is 1.35. The lowest BCUT2D eigenvalue weighted by atomic mass is 9.95. The molecule has 1 rings (SSSR count). The van der Waals surface area contributed by atoms with Gasteiger partial charge in [0.2, 0.25) is 0 Å². The minimum Gasteiger partial charge on any atom is -0.469 e. The van der Waals surface area contributed by atoms with Crippen molar-refractivity contribution in [1.82, 2.24) is 0 Å². The summed E-state index contributed by atoms with van der Waals surface area (Å²) in [6.45, 7) is 0. The van der Waals surface area contributed by atoms with Crippen molar-refractivity contribution in [3.63, 3.8) is 0 Å². The molecule has 1 fully saturated rings. The Morgan fingerprint density at radius 1 is 1.38 bits per heavy atom. The Morgan fingerprint density at radius 3 is 2.77 bits per heavy atom. The van der Waals surface area contributed by atoms with Gasteiger partial charge in [-0.15, -0.1) is 0 Å². The molecule has 3 heteroatoms. The first-order valence-electron chi connectivity index (χ1n) is 4.95. The van der Waals surface area contributed by atoms with E-state index >= 15 is 0 Å². The molecule has 0 saturated heterocycles. The van der Waals surface area contributed by atoms with Crippen LogP contribution >= 0.6 is 0 Å². The molecule has 76 valence electrons. The van der Waals surface area contributed by atoms with Crippen molar-refractivity contribution in [2.75, 3.05) is 7.11 Å². The zero-order chi connectivity index (χ0) is 9.68. The van der Waals surface area contributed by atoms with Crippen LogP contribution in [0, 0.1) is 5.92 Å². The highest BCUT2D eigenvalue weighted by atomic mass is 19.1. The van der Waals surface area contributed by atoms with E-state index in [-0.39, 0.29) is 18.3 Å². The van der Waals surface area contributed by atoms with Gasteiger partial charge in [0.05, 0.1) is 13.5 Å². The van der Waals surface area contributed by atoms with Crippen molar-refractivity contribution in [2.24, 2.45) is 5.92 Å². The summed E-state index contributed by atoms with van der Waals surface area (Å²) in [6.07, 6.45) is 3.98. The molecule has 0 spiro atoms. The minimum absolute atomic E-state index is 0.102. The van der Waals surface area contributed by atoms with Crippen molar-refractivity contribution < 1.29 is 13.9 Å². The van der Waals surface area contributed by atoms with Crippen molar-refractivity contribution in [3.05, 3.63) is 0 Å². The molecule has 2 nitrogen and oxygen atoms in total. The van der Waals surface area contributed by atoms with Gasteiger partial charge >= 0.3 is 5.97 Å². The molecule has 0 heterocycles. The second-order valence-electron chi connectivity index (χ2n) is 3.69. The van der Waals surface area contributed by atoms with Crippen LogP contribution in [0.3, 0.4) is 0 Å². The van der Waals surface area contributed by atoms with E-state index in [0.717, 1.165) is 25.7 Å². The molecule has 0 aromatic heterocycles. The molecule has 0 aromatic carbocycles. The third-order valence-corrected chi connectivity index (χ3v) is 2.72. The van der Waals surface area contributed by atoms with Gasteiger partial charge in [0.25, 0.3) is 0 Å². The Balaban J connectivity index is 2.40. The van der Waals surface area contributed by atoms with E-state index in [1.54, 1.807) is 0 Å². The molecule has 13 heavy (non-hydrogen) atoms. The van der Waals surface area contributed by atoms with Crippen LogP contribution in [0.5, 0.6) is 0 Å². The second-order valence-corrected chi connectivity index (χ2v) is 3.69. The van der Waals surface area contributed by atoms with Gasteiger partial charge in [-0.3, -0.25) is 4.79 Å². The summed E-state index contributed by atoms with van der Waals surface area (Å²) in [6, 6.07) is 0. The fourth-order valence-corrected chi connectivity index (χ4v) is 1.87. The molecule has 1 aliphatic carbocycles. The molecule has 0 N–H and O–H groups in total. The van der Waals surface area contributed by atoms with Gasteiger partial charge in [-0.05, 0) is 12.8 Å². The molecule has 2 atom stereocenters. The summed E-state index contributed by atoms with van der Waals surface area (Å²) < 4.78 is 17.9. The Kier molecular flexibility index (Phi) is 4.19. The highest BCUT2D eigenvalue weighted by Crippen LogP contribution is 2.28. The molecule has 0 bridgehead atoms. The van der Waals surface area contributed by atoms with Crippen LogP contribution in [0.4, 0.5) is 4.39 Å². The predicted molar refractivity (Wildman–Crippen MR) is 48.1 cm³/mol. The average Bonchev–Trinajstić information content (AvgIpc) is 2.32. The fourth-order valence-electron chi connectivity index (χ4n) is 1.87. The zero-order valence-electron chi connectivity index (χ0n) is 8.09. The largest absolute Gasteiger partial charge is 0.469 e. The van der Waals surface area contributed by atoms with Crippen molar-refractivity contribution >= 4 is 5.97 Å². The Bertz CT molecular complexity index is 170. The third-order valence-electron chi connectivity index (χ3n) is 2.72. The van der Waals surface area contributed by atoms with E-state index in [1.165, 1.54) is 7.11 Å². The standard InChI is InChI=1S/C10H17FO2/c1-13-10(12)7-8-5-3-2-4-6-9(8)11/h8-9H,2-7H2,1H3/t8-,9+/m0/s1. The van der Waals surface area contributed by atoms with E-state index in [4.69, 9.17) is 0 Å². The number of halogens is 1. The number of carbonyl (C=O) groups is 1. The van der Waals surface area contributed by atoms with Crippen molar-refractivity contribution in [3.8, 4) is 0 Å². The number of esters is 1. The number of alkyl halides is 1. The molecule has 0 amide bonds. The summed E-state index contributed by atoms with van der Waals surface area (Å²) in [5.74, 6) is -0.385. The molecule has 1 saturated carbocycles. The highest BCUT2D eigenvalue weighted by molar-refractivity contribution is 5.69. The van der Waals surface area contributed by atoms with Crippen LogP contribution in [0.1, 0.15) is 38.5 Å². The van der Waals surface area contributed by atoms with Crippen LogP contribution < -0.4 is 0 Å². The maximum atomic E-state index is 13.4. The molecule has 0 aromatic rings. The first-order valence-corrected chi connectivity index (χ1v) is 4.95. The molecule has 0 unspecified atom stereocenters. The lowest BCUT2D eigenvalue weighted by Gasteiger charge is -2.16. The van der Waals surface area contributed by atoms with E-state index in [2.05, 4.69) is 4.74 Å². The average molecular weight is 188 g/mol. The van der Waals surface area contributed by atoms with Gasteiger partial charge in [0, 0.05) is 5.92 Å². The van der Waals surface area contributed by atoms with Gasteiger partial charge in [0.15, 0.2) is 0 Å². The molecular weight excluding hydrogens is 171 g/mol. The first kappa shape index (κ1) is 10.5. The van der Waals surface area contributed by atoms with Gasteiger partial charge in [0.1, 0.15) is 6.17 Å². The molecule has 0 aliphatic heterocycles. The predicted octanol–water partition coefficient (Wildman–Crippen LogP) is 2.47. The van der Waals surface area contributed by atoms with Crippen LogP contribution in [-0.2, 0) is 9.53 Å². The van der Waals surface area contributed by atoms with E-state index < -0.39 is 6.17 Å². The minimum atomic E-state index is -0.804. The lowest BCUT2D eigenvalue weighted by molar-refractivity contribution is -0.142. The third kappa shape index (κ3) is 3.33. The first-order chi connectivity index (χ1) is 6.24. The molecule has 0 radical (unpaired) electrons. The number of carbonyl (C=O) groups excluding carboxylic acids is 1.